The van der Waals surface area contributed by atoms with Gasteiger partial charge >= 0.3 is 6.09 Å². The second kappa shape index (κ2) is 14.2. The summed E-state index contributed by atoms with van der Waals surface area (Å²) < 4.78 is 5.30. The fraction of sp³-hybridized carbons (Fsp3) is 0.690. The Kier molecular flexibility index (Phi) is 12.4. The lowest BCUT2D eigenvalue weighted by molar-refractivity contribution is -0.141. The Morgan fingerprint density at radius 1 is 0.944 bits per heavy atom. The highest BCUT2D eigenvalue weighted by Gasteiger charge is 2.34. The number of hydrogen-bond acceptors (Lipinski definition) is 4. The Morgan fingerprint density at radius 3 is 2.14 bits per heavy atom. The van der Waals surface area contributed by atoms with Crippen molar-refractivity contribution in [3.63, 3.8) is 0 Å². The van der Waals surface area contributed by atoms with Crippen LogP contribution in [0.3, 0.4) is 0 Å². The fourth-order valence-electron chi connectivity index (χ4n) is 3.97. The SMILES string of the molecule is CCCCCCCCN(C(=O)CNC(=O)OC(C)(C)C)C(C(=O)NC(C)(C)C)c1cc(C)ccc1C. The number of alkyl carbamates (subject to hydrolysis) is 1. The van der Waals surface area contributed by atoms with E-state index in [1.54, 1.807) is 25.7 Å². The van der Waals surface area contributed by atoms with Crippen molar-refractivity contribution in [3.05, 3.63) is 34.9 Å². The van der Waals surface area contributed by atoms with E-state index in [0.717, 1.165) is 42.4 Å². The van der Waals surface area contributed by atoms with E-state index < -0.39 is 23.3 Å². The third-order valence-corrected chi connectivity index (χ3v) is 5.64. The van der Waals surface area contributed by atoms with Gasteiger partial charge in [-0.1, -0.05) is 62.8 Å². The van der Waals surface area contributed by atoms with Crippen LogP contribution in [0.1, 0.15) is 110 Å². The molecule has 1 unspecified atom stereocenters. The Labute approximate surface area is 218 Å². The summed E-state index contributed by atoms with van der Waals surface area (Å²) >= 11 is 0. The minimum atomic E-state index is -0.798. The number of benzene rings is 1. The second-order valence-electron chi connectivity index (χ2n) is 11.7. The Balaban J connectivity index is 3.27. The number of amides is 3. The molecular weight excluding hydrogens is 454 g/mol. The number of rotatable bonds is 12. The molecule has 1 aromatic rings. The molecular formula is C29H49N3O4. The van der Waals surface area contributed by atoms with Gasteiger partial charge in [-0.15, -0.1) is 0 Å². The van der Waals surface area contributed by atoms with Crippen molar-refractivity contribution in [1.29, 1.82) is 0 Å². The van der Waals surface area contributed by atoms with E-state index in [9.17, 15) is 14.4 Å². The molecule has 1 rings (SSSR count). The van der Waals surface area contributed by atoms with Crippen LogP contribution in [-0.2, 0) is 14.3 Å². The van der Waals surface area contributed by atoms with Crippen LogP contribution in [-0.4, -0.2) is 47.0 Å². The summed E-state index contributed by atoms with van der Waals surface area (Å²) in [4.78, 5) is 41.0. The maximum absolute atomic E-state index is 13.7. The van der Waals surface area contributed by atoms with Crippen molar-refractivity contribution in [3.8, 4) is 0 Å². The molecule has 2 N–H and O–H groups in total. The van der Waals surface area contributed by atoms with Crippen LogP contribution >= 0.6 is 0 Å². The first kappa shape index (κ1) is 31.5. The summed E-state index contributed by atoms with van der Waals surface area (Å²) in [6.45, 7) is 17.4. The number of carbonyl (C=O) groups is 3. The van der Waals surface area contributed by atoms with Gasteiger partial charge in [0, 0.05) is 12.1 Å². The Hall–Kier alpha value is -2.57. The van der Waals surface area contributed by atoms with Crippen LogP contribution in [0.4, 0.5) is 4.79 Å². The summed E-state index contributed by atoms with van der Waals surface area (Å²) in [6, 6.07) is 5.16. The van der Waals surface area contributed by atoms with Crippen LogP contribution in [0.15, 0.2) is 18.2 Å². The molecule has 7 heteroatoms. The number of ether oxygens (including phenoxy) is 1. The third kappa shape index (κ3) is 11.9. The van der Waals surface area contributed by atoms with E-state index in [1.807, 2.05) is 52.8 Å². The predicted molar refractivity (Wildman–Crippen MR) is 146 cm³/mol. The van der Waals surface area contributed by atoms with Crippen LogP contribution in [0.2, 0.25) is 0 Å². The lowest BCUT2D eigenvalue weighted by Gasteiger charge is -2.35. The Bertz CT molecular complexity index is 868. The summed E-state index contributed by atoms with van der Waals surface area (Å²) in [6.07, 6.45) is 5.72. The largest absolute Gasteiger partial charge is 0.444 e. The van der Waals surface area contributed by atoms with Crippen LogP contribution < -0.4 is 10.6 Å². The summed E-state index contributed by atoms with van der Waals surface area (Å²) in [7, 11) is 0. The zero-order valence-corrected chi connectivity index (χ0v) is 24.0. The number of nitrogens with zero attached hydrogens (tertiary/aromatic N) is 1. The van der Waals surface area contributed by atoms with E-state index in [1.165, 1.54) is 12.8 Å². The van der Waals surface area contributed by atoms with Crippen molar-refractivity contribution in [2.45, 2.75) is 118 Å². The highest BCUT2D eigenvalue weighted by molar-refractivity contribution is 5.91. The first-order valence-corrected chi connectivity index (χ1v) is 13.3. The molecule has 1 atom stereocenters. The smallest absolute Gasteiger partial charge is 0.408 e. The molecule has 0 saturated heterocycles. The molecule has 1 aromatic carbocycles. The second-order valence-corrected chi connectivity index (χ2v) is 11.7. The number of aryl methyl sites for hydroxylation is 2. The molecule has 0 saturated carbocycles. The number of hydrogen-bond donors (Lipinski definition) is 2. The minimum Gasteiger partial charge on any atom is -0.444 e. The lowest BCUT2D eigenvalue weighted by atomic mass is 9.95. The molecule has 0 fully saturated rings. The highest BCUT2D eigenvalue weighted by Crippen LogP contribution is 2.27. The zero-order valence-electron chi connectivity index (χ0n) is 24.0. The van der Waals surface area contributed by atoms with Gasteiger partial charge < -0.3 is 20.3 Å². The van der Waals surface area contributed by atoms with E-state index in [4.69, 9.17) is 4.74 Å². The van der Waals surface area contributed by atoms with Gasteiger partial charge in [0.25, 0.3) is 0 Å². The summed E-state index contributed by atoms with van der Waals surface area (Å²) in [5.41, 5.74) is 1.63. The first-order valence-electron chi connectivity index (χ1n) is 13.3. The standard InChI is InChI=1S/C29H49N3O4/c1-10-11-12-13-14-15-18-32(24(33)20-30-27(35)36-29(7,8)9)25(26(34)31-28(4,5)6)23-19-21(2)16-17-22(23)3/h16-17,19,25H,10-15,18,20H2,1-9H3,(H,30,35)(H,31,34). The molecule has 36 heavy (non-hydrogen) atoms. The van der Waals surface area contributed by atoms with Crippen molar-refractivity contribution < 1.29 is 19.1 Å². The topological polar surface area (TPSA) is 87.7 Å². The normalized spacial score (nSPS) is 12.6. The molecule has 0 spiro atoms. The van der Waals surface area contributed by atoms with Gasteiger partial charge in [-0.25, -0.2) is 4.79 Å². The predicted octanol–water partition coefficient (Wildman–Crippen LogP) is 5.97. The van der Waals surface area contributed by atoms with Gasteiger partial charge in [0.05, 0.1) is 0 Å². The summed E-state index contributed by atoms with van der Waals surface area (Å²) in [5, 5.41) is 5.64. The molecule has 0 radical (unpaired) electrons. The molecule has 0 aliphatic rings. The van der Waals surface area contributed by atoms with E-state index in [2.05, 4.69) is 17.6 Å². The van der Waals surface area contributed by atoms with Gasteiger partial charge in [-0.05, 0) is 72.9 Å². The molecule has 3 amide bonds. The quantitative estimate of drug-likeness (QED) is 0.344. The van der Waals surface area contributed by atoms with Crippen molar-refractivity contribution in [2.75, 3.05) is 13.1 Å². The molecule has 0 aliphatic carbocycles. The van der Waals surface area contributed by atoms with Gasteiger partial charge in [0.15, 0.2) is 0 Å². The summed E-state index contributed by atoms with van der Waals surface area (Å²) in [5.74, 6) is -0.544. The molecule has 0 aliphatic heterocycles. The van der Waals surface area contributed by atoms with Crippen molar-refractivity contribution in [1.82, 2.24) is 15.5 Å². The van der Waals surface area contributed by atoms with E-state index >= 15 is 0 Å². The van der Waals surface area contributed by atoms with Gasteiger partial charge in [0.1, 0.15) is 18.2 Å². The average molecular weight is 504 g/mol. The monoisotopic (exact) mass is 503 g/mol. The highest BCUT2D eigenvalue weighted by atomic mass is 16.6. The minimum absolute atomic E-state index is 0.229. The van der Waals surface area contributed by atoms with Crippen LogP contribution in [0, 0.1) is 13.8 Å². The zero-order chi connectivity index (χ0) is 27.5. The van der Waals surface area contributed by atoms with E-state index in [0.29, 0.717) is 6.54 Å². The van der Waals surface area contributed by atoms with Crippen molar-refractivity contribution >= 4 is 17.9 Å². The lowest BCUT2D eigenvalue weighted by Crippen LogP contribution is -2.51. The van der Waals surface area contributed by atoms with Gasteiger partial charge in [0.2, 0.25) is 11.8 Å². The molecule has 0 heterocycles. The average Bonchev–Trinajstić information content (AvgIpc) is 2.73. The number of nitrogens with one attached hydrogen (secondary N) is 2. The fourth-order valence-corrected chi connectivity index (χ4v) is 3.97. The maximum Gasteiger partial charge on any atom is 0.408 e. The Morgan fingerprint density at radius 2 is 1.56 bits per heavy atom. The molecule has 0 bridgehead atoms. The molecule has 204 valence electrons. The maximum atomic E-state index is 13.7. The molecule has 7 nitrogen and oxygen atoms in total. The third-order valence-electron chi connectivity index (χ3n) is 5.64. The molecule has 0 aromatic heterocycles. The van der Waals surface area contributed by atoms with Crippen molar-refractivity contribution in [2.24, 2.45) is 0 Å². The van der Waals surface area contributed by atoms with Crippen LogP contribution in [0.5, 0.6) is 0 Å². The van der Waals surface area contributed by atoms with Crippen LogP contribution in [0.25, 0.3) is 0 Å². The number of carbonyl (C=O) groups excluding carboxylic acids is 3. The first-order chi connectivity index (χ1) is 16.6. The van der Waals surface area contributed by atoms with Gasteiger partial charge in [-0.2, -0.15) is 0 Å². The van der Waals surface area contributed by atoms with E-state index in [-0.39, 0.29) is 18.4 Å². The number of unbranched alkanes of at least 4 members (excludes halogenated alkanes) is 5. The van der Waals surface area contributed by atoms with Gasteiger partial charge in [-0.3, -0.25) is 9.59 Å².